The first-order valence-electron chi connectivity index (χ1n) is 6.01. The van der Waals surface area contributed by atoms with Crippen LogP contribution in [0.2, 0.25) is 5.28 Å². The average Bonchev–Trinajstić information content (AvgIpc) is 2.47. The first kappa shape index (κ1) is 14.9. The fraction of sp³-hybridized carbons (Fsp3) is 0.250. The van der Waals surface area contributed by atoms with Crippen molar-refractivity contribution in [2.24, 2.45) is 0 Å². The lowest BCUT2D eigenvalue weighted by molar-refractivity contribution is -0.384. The molecule has 0 spiro atoms. The minimum absolute atomic E-state index is 0.0414. The lowest BCUT2D eigenvalue weighted by Gasteiger charge is -2.06. The molecule has 110 valence electrons. The molecule has 8 nitrogen and oxygen atoms in total. The van der Waals surface area contributed by atoms with E-state index in [1.807, 2.05) is 0 Å². The highest BCUT2D eigenvalue weighted by molar-refractivity contribution is 6.28. The van der Waals surface area contributed by atoms with Crippen LogP contribution in [-0.2, 0) is 6.42 Å². The Labute approximate surface area is 125 Å². The summed E-state index contributed by atoms with van der Waals surface area (Å²) >= 11 is 5.73. The van der Waals surface area contributed by atoms with E-state index in [0.717, 1.165) is 5.56 Å². The van der Waals surface area contributed by atoms with E-state index < -0.39 is 4.92 Å². The van der Waals surface area contributed by atoms with Crippen molar-refractivity contribution in [2.75, 3.05) is 19.0 Å². The van der Waals surface area contributed by atoms with Gasteiger partial charge >= 0.3 is 6.01 Å². The molecule has 2 aromatic rings. The van der Waals surface area contributed by atoms with Gasteiger partial charge < -0.3 is 10.1 Å². The molecule has 0 atom stereocenters. The van der Waals surface area contributed by atoms with Gasteiger partial charge in [-0.05, 0) is 23.6 Å². The number of hydrogen-bond donors (Lipinski definition) is 1. The summed E-state index contributed by atoms with van der Waals surface area (Å²) in [6.07, 6.45) is 0.656. The standard InChI is InChI=1S/C12H12ClN5O3/c1-21-12-16-10(13)15-11(17-12)14-7-6-8-2-4-9(5-3-8)18(19)20/h2-5H,6-7H2,1H3,(H,14,15,16,17). The SMILES string of the molecule is COc1nc(Cl)nc(NCCc2ccc([N+](=O)[O-])cc2)n1. The fourth-order valence-electron chi connectivity index (χ4n) is 1.61. The Balaban J connectivity index is 1.92. The fourth-order valence-corrected chi connectivity index (χ4v) is 1.76. The predicted molar refractivity (Wildman–Crippen MR) is 76.7 cm³/mol. The molecule has 21 heavy (non-hydrogen) atoms. The van der Waals surface area contributed by atoms with Gasteiger partial charge in [0.2, 0.25) is 11.2 Å². The van der Waals surface area contributed by atoms with Gasteiger partial charge in [0.15, 0.2) is 0 Å². The van der Waals surface area contributed by atoms with Crippen molar-refractivity contribution in [3.05, 3.63) is 45.2 Å². The molecule has 0 unspecified atom stereocenters. The molecule has 0 radical (unpaired) electrons. The van der Waals surface area contributed by atoms with Crippen molar-refractivity contribution in [3.63, 3.8) is 0 Å². The number of methoxy groups -OCH3 is 1. The Hall–Kier alpha value is -2.48. The number of nitrogens with one attached hydrogen (secondary N) is 1. The Morgan fingerprint density at radius 2 is 2.00 bits per heavy atom. The summed E-state index contributed by atoms with van der Waals surface area (Å²) in [6.45, 7) is 0.543. The van der Waals surface area contributed by atoms with Gasteiger partial charge in [0.05, 0.1) is 12.0 Å². The van der Waals surface area contributed by atoms with Crippen LogP contribution in [0.3, 0.4) is 0 Å². The number of ether oxygens (including phenoxy) is 1. The molecule has 0 fully saturated rings. The molecular weight excluding hydrogens is 298 g/mol. The molecule has 0 aliphatic heterocycles. The lowest BCUT2D eigenvalue weighted by Crippen LogP contribution is -2.09. The Morgan fingerprint density at radius 3 is 2.62 bits per heavy atom. The van der Waals surface area contributed by atoms with Gasteiger partial charge in [-0.25, -0.2) is 0 Å². The molecule has 2 rings (SSSR count). The third-order valence-electron chi connectivity index (χ3n) is 2.61. The van der Waals surface area contributed by atoms with Crippen LogP contribution in [0.25, 0.3) is 0 Å². The van der Waals surface area contributed by atoms with E-state index in [1.165, 1.54) is 19.2 Å². The summed E-state index contributed by atoms with van der Waals surface area (Å²) in [5.41, 5.74) is 1.03. The average molecular weight is 310 g/mol. The van der Waals surface area contributed by atoms with Crippen molar-refractivity contribution in [3.8, 4) is 6.01 Å². The van der Waals surface area contributed by atoms with Gasteiger partial charge in [0.25, 0.3) is 5.69 Å². The summed E-state index contributed by atoms with van der Waals surface area (Å²) in [5.74, 6) is 0.314. The maximum atomic E-state index is 10.5. The van der Waals surface area contributed by atoms with E-state index in [4.69, 9.17) is 16.3 Å². The summed E-state index contributed by atoms with van der Waals surface area (Å²) in [4.78, 5) is 21.8. The van der Waals surface area contributed by atoms with Gasteiger partial charge in [-0.2, -0.15) is 15.0 Å². The first-order chi connectivity index (χ1) is 10.1. The van der Waals surface area contributed by atoms with Crippen LogP contribution in [0.1, 0.15) is 5.56 Å². The monoisotopic (exact) mass is 309 g/mol. The summed E-state index contributed by atoms with van der Waals surface area (Å²) in [5, 5.41) is 13.6. The number of hydrogen-bond acceptors (Lipinski definition) is 7. The Morgan fingerprint density at radius 1 is 1.29 bits per heavy atom. The zero-order chi connectivity index (χ0) is 15.2. The van der Waals surface area contributed by atoms with Crippen molar-refractivity contribution in [2.45, 2.75) is 6.42 Å². The molecule has 0 saturated heterocycles. The Kier molecular flexibility index (Phi) is 4.83. The number of rotatable bonds is 6. The third-order valence-corrected chi connectivity index (χ3v) is 2.78. The van der Waals surface area contributed by atoms with Gasteiger partial charge in [-0.1, -0.05) is 12.1 Å². The smallest absolute Gasteiger partial charge is 0.322 e. The first-order valence-corrected chi connectivity index (χ1v) is 6.39. The van der Waals surface area contributed by atoms with Gasteiger partial charge in [-0.3, -0.25) is 10.1 Å². The maximum Gasteiger partial charge on any atom is 0.322 e. The second kappa shape index (κ2) is 6.80. The van der Waals surface area contributed by atoms with E-state index in [2.05, 4.69) is 20.3 Å². The molecule has 0 aliphatic rings. The summed E-state index contributed by atoms with van der Waals surface area (Å²) < 4.78 is 4.89. The molecule has 1 aromatic heterocycles. The van der Waals surface area contributed by atoms with Crippen LogP contribution in [0.4, 0.5) is 11.6 Å². The molecule has 1 heterocycles. The number of benzene rings is 1. The zero-order valence-corrected chi connectivity index (χ0v) is 11.9. The molecule has 1 N–H and O–H groups in total. The van der Waals surface area contributed by atoms with E-state index >= 15 is 0 Å². The minimum Gasteiger partial charge on any atom is -0.467 e. The normalized spacial score (nSPS) is 10.2. The zero-order valence-electron chi connectivity index (χ0n) is 11.1. The van der Waals surface area contributed by atoms with Gasteiger partial charge in [-0.15, -0.1) is 0 Å². The summed E-state index contributed by atoms with van der Waals surface area (Å²) in [7, 11) is 1.44. The van der Waals surface area contributed by atoms with E-state index in [9.17, 15) is 10.1 Å². The van der Waals surface area contributed by atoms with Crippen LogP contribution in [0.5, 0.6) is 6.01 Å². The minimum atomic E-state index is -0.429. The molecule has 9 heteroatoms. The lowest BCUT2D eigenvalue weighted by atomic mass is 10.1. The molecular formula is C12H12ClN5O3. The van der Waals surface area contributed by atoms with E-state index in [1.54, 1.807) is 12.1 Å². The number of nitro benzene ring substituents is 1. The van der Waals surface area contributed by atoms with E-state index in [0.29, 0.717) is 18.9 Å². The highest BCUT2D eigenvalue weighted by atomic mass is 35.5. The Bertz CT molecular complexity index is 635. The van der Waals surface area contributed by atoms with E-state index in [-0.39, 0.29) is 17.0 Å². The van der Waals surface area contributed by atoms with Gasteiger partial charge in [0.1, 0.15) is 0 Å². The quantitative estimate of drug-likeness (QED) is 0.643. The predicted octanol–water partition coefficient (Wildman–Crippen LogP) is 2.10. The number of halogens is 1. The number of non-ortho nitro benzene ring substituents is 1. The van der Waals surface area contributed by atoms with Crippen LogP contribution < -0.4 is 10.1 Å². The van der Waals surface area contributed by atoms with Crippen LogP contribution in [0.15, 0.2) is 24.3 Å². The van der Waals surface area contributed by atoms with Crippen molar-refractivity contribution in [1.82, 2.24) is 15.0 Å². The number of aromatic nitrogens is 3. The molecule has 0 bridgehead atoms. The molecule has 0 saturated carbocycles. The maximum absolute atomic E-state index is 10.5. The largest absolute Gasteiger partial charge is 0.467 e. The van der Waals surface area contributed by atoms with Crippen molar-refractivity contribution >= 4 is 23.2 Å². The second-order valence-electron chi connectivity index (χ2n) is 4.02. The number of anilines is 1. The highest BCUT2D eigenvalue weighted by Crippen LogP contribution is 2.13. The topological polar surface area (TPSA) is 103 Å². The van der Waals surface area contributed by atoms with Gasteiger partial charge in [0, 0.05) is 18.7 Å². The van der Waals surface area contributed by atoms with Crippen LogP contribution in [0, 0.1) is 10.1 Å². The molecule has 1 aromatic carbocycles. The third kappa shape index (κ3) is 4.25. The van der Waals surface area contributed by atoms with Crippen LogP contribution >= 0.6 is 11.6 Å². The second-order valence-corrected chi connectivity index (χ2v) is 4.35. The summed E-state index contributed by atoms with van der Waals surface area (Å²) in [6, 6.07) is 6.49. The molecule has 0 aliphatic carbocycles. The molecule has 0 amide bonds. The van der Waals surface area contributed by atoms with Crippen molar-refractivity contribution in [1.29, 1.82) is 0 Å². The van der Waals surface area contributed by atoms with Crippen molar-refractivity contribution < 1.29 is 9.66 Å². The number of nitrogens with zero attached hydrogens (tertiary/aromatic N) is 4. The highest BCUT2D eigenvalue weighted by Gasteiger charge is 2.06. The van der Waals surface area contributed by atoms with Crippen LogP contribution in [-0.4, -0.2) is 33.5 Å². The number of nitro groups is 1.